The summed E-state index contributed by atoms with van der Waals surface area (Å²) < 4.78 is 0. The van der Waals surface area contributed by atoms with Crippen LogP contribution >= 0.6 is 0 Å². The maximum Gasteiger partial charge on any atom is 1.00 e. The van der Waals surface area contributed by atoms with Gasteiger partial charge < -0.3 is 28.2 Å². The van der Waals surface area contributed by atoms with Crippen LogP contribution in [0.2, 0.25) is 0 Å². The molecule has 1 aromatic rings. The maximum atomic E-state index is 10.3. The molecule has 0 amide bonds. The Balaban J connectivity index is 0. The Kier molecular flexibility index (Phi) is 12.6. The van der Waals surface area contributed by atoms with E-state index in [9.17, 15) is 4.79 Å². The third kappa shape index (κ3) is 12.6. The summed E-state index contributed by atoms with van der Waals surface area (Å²) in [7, 11) is 0. The van der Waals surface area contributed by atoms with Gasteiger partial charge in [-0.05, 0) is 17.7 Å². The Hall–Kier alpha value is -0.850. The van der Waals surface area contributed by atoms with Crippen LogP contribution in [0.5, 0.6) is 5.75 Å². The van der Waals surface area contributed by atoms with Gasteiger partial charge in [-0.2, -0.15) is 0 Å². The molecular weight excluding hydrogens is 382 g/mol. The third-order valence-corrected chi connectivity index (χ3v) is 2.36. The summed E-state index contributed by atoms with van der Waals surface area (Å²) in [4.78, 5) is 10.2. The molecule has 0 saturated carbocycles. The van der Waals surface area contributed by atoms with E-state index in [2.05, 4.69) is 45.6 Å². The van der Waals surface area contributed by atoms with Crippen molar-refractivity contribution in [3.8, 4) is 5.75 Å². The van der Waals surface area contributed by atoms with Gasteiger partial charge in [0.25, 0.3) is 0 Å². The van der Waals surface area contributed by atoms with Crippen LogP contribution in [-0.4, -0.2) is 28.3 Å². The number of hydrogen-bond acceptors (Lipinski definition) is 4. The molecule has 0 aromatic heterocycles. The Morgan fingerprint density at radius 1 is 1.14 bits per heavy atom. The van der Waals surface area contributed by atoms with E-state index in [0.29, 0.717) is 17.6 Å². The van der Waals surface area contributed by atoms with Gasteiger partial charge in [0.2, 0.25) is 0 Å². The van der Waals surface area contributed by atoms with Gasteiger partial charge in [-0.25, -0.2) is 4.79 Å². The van der Waals surface area contributed by atoms with Crippen LogP contribution in [0.25, 0.3) is 6.08 Å². The summed E-state index contributed by atoms with van der Waals surface area (Å²) in [5, 5.41) is 20.7. The molecule has 0 atom stereocenters. The number of phenolic OH excluding ortho intramolecular Hbond substituents is 1. The molecule has 0 unspecified atom stereocenters. The first kappa shape index (κ1) is 22.4. The minimum Gasteiger partial charge on any atom is -0.773 e. The molecule has 0 spiro atoms. The zero-order chi connectivity index (χ0) is 15.7. The summed E-state index contributed by atoms with van der Waals surface area (Å²) in [6.45, 7) is 8.61. The fourth-order valence-electron chi connectivity index (χ4n) is 1.45. The van der Waals surface area contributed by atoms with Gasteiger partial charge in [-0.15, -0.1) is 0 Å². The van der Waals surface area contributed by atoms with Crippen molar-refractivity contribution in [1.82, 2.24) is 5.32 Å². The number of carbonyl (C=O) groups is 1. The molecule has 3 N–H and O–H groups in total. The Morgan fingerprint density at radius 3 is 1.86 bits per heavy atom. The first-order chi connectivity index (χ1) is 9.22. The van der Waals surface area contributed by atoms with E-state index in [4.69, 9.17) is 10.2 Å². The van der Waals surface area contributed by atoms with Crippen LogP contribution in [0.1, 0.15) is 33.3 Å². The van der Waals surface area contributed by atoms with E-state index < -0.39 is 5.97 Å². The number of benzene rings is 1. The predicted octanol–water partition coefficient (Wildman–Crippen LogP) is 2.75. The van der Waals surface area contributed by atoms with E-state index in [1.807, 2.05) is 0 Å². The Morgan fingerprint density at radius 2 is 1.57 bits per heavy atom. The smallest absolute Gasteiger partial charge is 0.773 e. The minimum atomic E-state index is -1.12. The van der Waals surface area contributed by atoms with Crippen molar-refractivity contribution in [2.75, 3.05) is 0 Å². The second-order valence-corrected chi connectivity index (χ2v) is 5.32. The Labute approximate surface area is 147 Å². The van der Waals surface area contributed by atoms with Gasteiger partial charge in [0, 0.05) is 12.1 Å². The van der Waals surface area contributed by atoms with Crippen molar-refractivity contribution in [3.05, 3.63) is 34.7 Å². The number of aliphatic carboxylic acids is 1. The summed E-state index contributed by atoms with van der Waals surface area (Å²) in [5.74, 6) is -0.985. The molecule has 0 bridgehead atoms. The van der Waals surface area contributed by atoms with Crippen molar-refractivity contribution in [3.63, 3.8) is 0 Å². The van der Waals surface area contributed by atoms with E-state index in [-0.39, 0.29) is 33.0 Å². The van der Waals surface area contributed by atoms with Crippen LogP contribution in [0.4, 0.5) is 0 Å². The van der Waals surface area contributed by atoms with Gasteiger partial charge in [0.1, 0.15) is 5.75 Å². The molecule has 6 heteroatoms. The molecule has 0 fully saturated rings. The van der Waals surface area contributed by atoms with E-state index in [0.717, 1.165) is 0 Å². The van der Waals surface area contributed by atoms with Crippen molar-refractivity contribution >= 4 is 24.7 Å². The minimum absolute atomic E-state index is 0. The topological polar surface area (TPSA) is 69.6 Å². The zero-order valence-corrected chi connectivity index (χ0v) is 14.9. The number of aromatic hydroxyl groups is 1. The van der Waals surface area contributed by atoms with Gasteiger partial charge in [0.05, 0.1) is 0 Å². The molecule has 0 aliphatic carbocycles. The number of carboxylic acids is 1. The van der Waals surface area contributed by atoms with Crippen LogP contribution in [0, 0.1) is 0 Å². The molecule has 0 aliphatic rings. The van der Waals surface area contributed by atoms with Crippen LogP contribution in [-0.2, 0) is 39.8 Å². The average Bonchev–Trinajstić information content (AvgIpc) is 2.31. The number of hydrogen-bond donors (Lipinski definition) is 3. The summed E-state index contributed by atoms with van der Waals surface area (Å²) in [6.07, 6.45) is 1.36. The molecule has 21 heavy (non-hydrogen) atoms. The largest absolute Gasteiger partial charge is 1.00 e. The van der Waals surface area contributed by atoms with Crippen molar-refractivity contribution in [2.45, 2.75) is 39.8 Å². The first-order valence-corrected chi connectivity index (χ1v) is 6.80. The molecule has 1 rings (SSSR count). The van der Waals surface area contributed by atoms with Gasteiger partial charge in [0.15, 0.2) is 0 Å². The molecule has 0 saturated heterocycles. The van der Waals surface area contributed by atoms with Gasteiger partial charge >= 0.3 is 28.3 Å². The fraction of sp³-hybridized carbons (Fsp3) is 0.400. The zero-order valence-electron chi connectivity index (χ0n) is 12.6. The number of phenols is 1. The van der Waals surface area contributed by atoms with E-state index in [1.165, 1.54) is 18.2 Å². The fourth-order valence-corrected chi connectivity index (χ4v) is 1.59. The second-order valence-electron chi connectivity index (χ2n) is 4.88. The van der Waals surface area contributed by atoms with Crippen molar-refractivity contribution in [1.29, 1.82) is 0 Å². The Bertz CT molecular complexity index is 439. The van der Waals surface area contributed by atoms with E-state index in [1.54, 1.807) is 12.1 Å². The number of rotatable bonds is 4. The molecule has 0 aliphatic heterocycles. The molecule has 1 aromatic carbocycles. The molecular formula is C15H22AgNO3S. The average molecular weight is 404 g/mol. The van der Waals surface area contributed by atoms with Gasteiger partial charge in [-0.3, -0.25) is 0 Å². The monoisotopic (exact) mass is 403 g/mol. The normalized spacial score (nSPS) is 10.7. The predicted molar refractivity (Wildman–Crippen MR) is 84.5 cm³/mol. The third-order valence-electron chi connectivity index (χ3n) is 2.07. The SMILES string of the molecule is CC(C)NC(C)C.O=C(O)/C([S-])=C/c1ccc(O)cc1.[Ag+]. The van der Waals surface area contributed by atoms with Crippen molar-refractivity contribution in [2.24, 2.45) is 0 Å². The molecule has 4 nitrogen and oxygen atoms in total. The van der Waals surface area contributed by atoms with Crippen molar-refractivity contribution < 1.29 is 37.4 Å². The van der Waals surface area contributed by atoms with E-state index >= 15 is 0 Å². The standard InChI is InChI=1S/C9H8O3S.C6H15N.Ag/c10-7-3-1-6(2-4-7)5-8(13)9(11)12;1-5(2)7-6(3)4;/h1-5,10,13H,(H,11,12);5-7H,1-4H3;/q;;+1/p-1/b8-5-;;. The number of carboxylic acid groups (broad SMARTS) is 1. The number of nitrogens with one attached hydrogen (secondary N) is 1. The van der Waals surface area contributed by atoms with Gasteiger partial charge in [-0.1, -0.05) is 50.8 Å². The first-order valence-electron chi connectivity index (χ1n) is 6.39. The van der Waals surface area contributed by atoms with Crippen LogP contribution in [0.15, 0.2) is 29.2 Å². The maximum absolute atomic E-state index is 10.3. The summed E-state index contributed by atoms with van der Waals surface area (Å²) in [5.41, 5.74) is 0.658. The quantitative estimate of drug-likeness (QED) is 0.409. The molecule has 0 radical (unpaired) electrons. The molecule has 0 heterocycles. The second kappa shape index (κ2) is 11.8. The molecule has 122 valence electrons. The summed E-state index contributed by atoms with van der Waals surface area (Å²) >= 11 is 4.58. The van der Waals surface area contributed by atoms with Crippen LogP contribution in [0.3, 0.4) is 0 Å². The van der Waals surface area contributed by atoms with Crippen LogP contribution < -0.4 is 5.32 Å². The summed E-state index contributed by atoms with van der Waals surface area (Å²) in [6, 6.07) is 7.36.